The van der Waals surface area contributed by atoms with Crippen molar-refractivity contribution in [2.24, 2.45) is 5.41 Å². The minimum absolute atomic E-state index is 0.0379. The predicted molar refractivity (Wildman–Crippen MR) is 167 cm³/mol. The number of aromatic hydroxyl groups is 1. The number of nitrogens with zero attached hydrogens (tertiary/aromatic N) is 1. The lowest BCUT2D eigenvalue weighted by molar-refractivity contribution is 0.0600. The molecule has 0 amide bonds. The third kappa shape index (κ3) is 8.73. The number of rotatable bonds is 14. The highest BCUT2D eigenvalue weighted by atomic mass is 32.2. The van der Waals surface area contributed by atoms with Crippen LogP contribution in [0.5, 0.6) is 23.0 Å². The Balaban J connectivity index is 1.79. The lowest BCUT2D eigenvalue weighted by Crippen LogP contribution is -2.37. The number of phenolic OH excluding ortho intramolecular Hbond substituents is 1. The summed E-state index contributed by atoms with van der Waals surface area (Å²) in [5, 5.41) is 10.7. The van der Waals surface area contributed by atoms with E-state index < -0.39 is 16.0 Å². The summed E-state index contributed by atoms with van der Waals surface area (Å²) in [6.45, 7) is 9.17. The van der Waals surface area contributed by atoms with Crippen LogP contribution in [0.2, 0.25) is 0 Å². The normalized spacial score (nSPS) is 11.7. The van der Waals surface area contributed by atoms with Crippen molar-refractivity contribution in [3.63, 3.8) is 0 Å². The molecule has 11 heteroatoms. The molecule has 0 aliphatic heterocycles. The Kier molecular flexibility index (Phi) is 11.4. The van der Waals surface area contributed by atoms with Gasteiger partial charge in [-0.15, -0.1) is 0 Å². The monoisotopic (exact) mass is 627 g/mol. The van der Waals surface area contributed by atoms with Crippen LogP contribution in [0, 0.1) is 19.3 Å². The first-order valence-electron chi connectivity index (χ1n) is 14.1. The fraction of sp³-hybridized carbons (Fsp3) is 0.394. The third-order valence-electron chi connectivity index (χ3n) is 6.81. The van der Waals surface area contributed by atoms with Crippen LogP contribution in [0.15, 0.2) is 59.5 Å². The van der Waals surface area contributed by atoms with E-state index in [1.807, 2.05) is 27.7 Å². The van der Waals surface area contributed by atoms with Gasteiger partial charge >= 0.3 is 5.97 Å². The van der Waals surface area contributed by atoms with Gasteiger partial charge in [0, 0.05) is 25.1 Å². The average molecular weight is 628 g/mol. The maximum atomic E-state index is 13.6. The van der Waals surface area contributed by atoms with Crippen molar-refractivity contribution in [3.8, 4) is 23.0 Å². The fourth-order valence-corrected chi connectivity index (χ4v) is 5.81. The molecule has 0 aromatic heterocycles. The molecule has 10 nitrogen and oxygen atoms in total. The van der Waals surface area contributed by atoms with Crippen LogP contribution in [-0.2, 0) is 14.8 Å². The number of Topliss-reactive ketones (excluding diaryl/α,β-unsaturated/α-hetero) is 1. The molecule has 0 saturated heterocycles. The molecule has 0 fully saturated rings. The number of benzene rings is 3. The summed E-state index contributed by atoms with van der Waals surface area (Å²) in [6.07, 6.45) is 0.271. The highest BCUT2D eigenvalue weighted by molar-refractivity contribution is 7.89. The lowest BCUT2D eigenvalue weighted by Gasteiger charge is -2.23. The number of ketones is 1. The number of aryl methyl sites for hydroxylation is 1. The van der Waals surface area contributed by atoms with Crippen LogP contribution >= 0.6 is 0 Å². The molecule has 44 heavy (non-hydrogen) atoms. The van der Waals surface area contributed by atoms with E-state index in [9.17, 15) is 23.1 Å². The molecule has 0 aliphatic carbocycles. The molecule has 0 saturated carbocycles. The Hall–Kier alpha value is -4.09. The summed E-state index contributed by atoms with van der Waals surface area (Å²) in [5.41, 5.74) is 1.54. The first kappa shape index (κ1) is 34.4. The van der Waals surface area contributed by atoms with Gasteiger partial charge in [0.2, 0.25) is 10.0 Å². The largest absolute Gasteiger partial charge is 0.507 e. The van der Waals surface area contributed by atoms with Crippen molar-refractivity contribution in [1.29, 1.82) is 0 Å². The van der Waals surface area contributed by atoms with Crippen molar-refractivity contribution >= 4 is 21.8 Å². The molecule has 0 aliphatic rings. The number of hydrogen-bond donors (Lipinski definition) is 1. The van der Waals surface area contributed by atoms with Crippen molar-refractivity contribution in [3.05, 3.63) is 76.9 Å². The van der Waals surface area contributed by atoms with Gasteiger partial charge in [-0.1, -0.05) is 38.5 Å². The number of sulfonamides is 1. The Labute approximate surface area is 259 Å². The smallest absolute Gasteiger partial charge is 0.337 e. The average Bonchev–Trinajstić information content (AvgIpc) is 2.97. The van der Waals surface area contributed by atoms with Crippen molar-refractivity contribution in [2.75, 3.05) is 40.5 Å². The minimum atomic E-state index is -3.95. The van der Waals surface area contributed by atoms with Gasteiger partial charge in [-0.3, -0.25) is 4.79 Å². The first-order valence-corrected chi connectivity index (χ1v) is 15.6. The summed E-state index contributed by atoms with van der Waals surface area (Å²) >= 11 is 0. The van der Waals surface area contributed by atoms with Crippen LogP contribution in [-0.4, -0.2) is 70.1 Å². The fourth-order valence-electron chi connectivity index (χ4n) is 4.40. The molecule has 0 unspecified atom stereocenters. The van der Waals surface area contributed by atoms with Crippen molar-refractivity contribution in [1.82, 2.24) is 4.31 Å². The van der Waals surface area contributed by atoms with Gasteiger partial charge in [-0.05, 0) is 61.7 Å². The number of hydrogen-bond acceptors (Lipinski definition) is 9. The topological polar surface area (TPSA) is 129 Å². The second-order valence-corrected chi connectivity index (χ2v) is 13.5. The van der Waals surface area contributed by atoms with Gasteiger partial charge in [0.25, 0.3) is 0 Å². The van der Waals surface area contributed by atoms with E-state index in [0.717, 1.165) is 5.56 Å². The molecule has 3 aromatic rings. The number of carbonyl (C=O) groups is 2. The molecular weight excluding hydrogens is 586 g/mol. The highest BCUT2D eigenvalue weighted by Gasteiger charge is 2.26. The molecule has 0 bridgehead atoms. The van der Waals surface area contributed by atoms with E-state index in [1.165, 1.54) is 48.9 Å². The molecule has 0 heterocycles. The molecule has 238 valence electrons. The maximum Gasteiger partial charge on any atom is 0.337 e. The Morgan fingerprint density at radius 2 is 1.43 bits per heavy atom. The van der Waals surface area contributed by atoms with Crippen LogP contribution < -0.4 is 14.2 Å². The van der Waals surface area contributed by atoms with Gasteiger partial charge in [-0.2, -0.15) is 4.31 Å². The van der Waals surface area contributed by atoms with Crippen LogP contribution in [0.25, 0.3) is 0 Å². The van der Waals surface area contributed by atoms with E-state index in [2.05, 4.69) is 0 Å². The summed E-state index contributed by atoms with van der Waals surface area (Å²) in [4.78, 5) is 24.8. The predicted octanol–water partition coefficient (Wildman–Crippen LogP) is 5.57. The first-order chi connectivity index (χ1) is 20.7. The zero-order chi connectivity index (χ0) is 32.7. The van der Waals surface area contributed by atoms with E-state index in [0.29, 0.717) is 17.1 Å². The third-order valence-corrected chi connectivity index (χ3v) is 8.73. The summed E-state index contributed by atoms with van der Waals surface area (Å²) in [7, 11) is -1.22. The molecule has 0 atom stereocenters. The summed E-state index contributed by atoms with van der Waals surface area (Å²) in [6, 6.07) is 14.2. The van der Waals surface area contributed by atoms with Crippen molar-refractivity contribution < 1.29 is 42.1 Å². The van der Waals surface area contributed by atoms with Gasteiger partial charge in [0.1, 0.15) is 24.7 Å². The molecule has 3 rings (SSSR count). The molecule has 0 spiro atoms. The molecule has 3 aromatic carbocycles. The number of ether oxygens (including phenoxy) is 4. The second kappa shape index (κ2) is 14.6. The zero-order valence-electron chi connectivity index (χ0n) is 26.3. The second-order valence-electron chi connectivity index (χ2n) is 11.5. The lowest BCUT2D eigenvalue weighted by atomic mass is 9.87. The zero-order valence-corrected chi connectivity index (χ0v) is 27.1. The van der Waals surface area contributed by atoms with Gasteiger partial charge < -0.3 is 24.1 Å². The number of esters is 1. The number of phenols is 1. The molecular formula is C33H41NO9S. The van der Waals surface area contributed by atoms with E-state index in [-0.39, 0.29) is 71.4 Å². The van der Waals surface area contributed by atoms with Gasteiger partial charge in [0.05, 0.1) is 30.2 Å². The van der Waals surface area contributed by atoms with Gasteiger partial charge in [0.15, 0.2) is 17.3 Å². The number of methoxy groups -OCH3 is 2. The maximum absolute atomic E-state index is 13.6. The summed E-state index contributed by atoms with van der Waals surface area (Å²) < 4.78 is 50.4. The van der Waals surface area contributed by atoms with E-state index in [4.69, 9.17) is 18.9 Å². The van der Waals surface area contributed by atoms with E-state index >= 15 is 0 Å². The SMILES string of the molecule is COC(=O)c1ccc(OC)c(OCCN(CCOc2ccc(C(=O)CC(C)(C)C)c(O)c2C)S(=O)(=O)c2ccc(C)cc2)c1. The van der Waals surface area contributed by atoms with E-state index in [1.54, 1.807) is 31.2 Å². The molecule has 1 N–H and O–H groups in total. The Morgan fingerprint density at radius 3 is 2.00 bits per heavy atom. The van der Waals surface area contributed by atoms with Crippen LogP contribution in [0.1, 0.15) is 59.0 Å². The van der Waals surface area contributed by atoms with Crippen LogP contribution in [0.4, 0.5) is 0 Å². The molecule has 0 radical (unpaired) electrons. The number of carbonyl (C=O) groups excluding carboxylic acids is 2. The Bertz CT molecular complexity index is 1580. The van der Waals surface area contributed by atoms with Crippen molar-refractivity contribution in [2.45, 2.75) is 45.9 Å². The van der Waals surface area contributed by atoms with Gasteiger partial charge in [-0.25, -0.2) is 13.2 Å². The standard InChI is InChI=1S/C33H41NO9S/c1-22-8-11-25(12-9-22)44(38,39)34(17-19-43-30-20-24(32(37)41-7)10-14-29(30)40-6)16-18-42-28-15-13-26(31(36)23(28)2)27(35)21-33(3,4)5/h8-15,20,36H,16-19,21H2,1-7H3. The highest BCUT2D eigenvalue weighted by Crippen LogP contribution is 2.33. The van der Waals surface area contributed by atoms with Crippen LogP contribution in [0.3, 0.4) is 0 Å². The Morgan fingerprint density at radius 1 is 0.841 bits per heavy atom. The minimum Gasteiger partial charge on any atom is -0.507 e. The quantitative estimate of drug-likeness (QED) is 0.180. The summed E-state index contributed by atoms with van der Waals surface area (Å²) in [5.74, 6) is 0.0839.